The lowest BCUT2D eigenvalue weighted by molar-refractivity contribution is -0.136. The van der Waals surface area contributed by atoms with E-state index in [2.05, 4.69) is 24.1 Å². The lowest BCUT2D eigenvalue weighted by atomic mass is 9.93. The van der Waals surface area contributed by atoms with Crippen molar-refractivity contribution in [3.05, 3.63) is 23.8 Å². The van der Waals surface area contributed by atoms with Crippen LogP contribution in [0.1, 0.15) is 32.3 Å². The molecule has 148 valence electrons. The maximum Gasteiger partial charge on any atom is 0.242 e. The molecule has 2 heterocycles. The number of ether oxygens (including phenoxy) is 2. The number of hydrogen-bond acceptors (Lipinski definition) is 5. The molecule has 0 aliphatic carbocycles. The normalized spacial score (nSPS) is 19.1. The number of fused-ring (bicyclic) bond motifs is 1. The quantitative estimate of drug-likeness (QED) is 0.784. The minimum Gasteiger partial charge on any atom is -0.454 e. The topological polar surface area (TPSA) is 71.1 Å². The Bertz CT molecular complexity index is 717. The molecule has 1 atom stereocenters. The van der Waals surface area contributed by atoms with Gasteiger partial charge in [0.05, 0.1) is 0 Å². The molecule has 2 amide bonds. The van der Waals surface area contributed by atoms with Crippen molar-refractivity contribution in [2.75, 3.05) is 34.0 Å². The van der Waals surface area contributed by atoms with Gasteiger partial charge in [0.2, 0.25) is 18.6 Å². The van der Waals surface area contributed by atoms with E-state index < -0.39 is 6.04 Å². The number of amides is 2. The van der Waals surface area contributed by atoms with E-state index >= 15 is 0 Å². The molecule has 1 aromatic carbocycles. The third-order valence-electron chi connectivity index (χ3n) is 4.91. The van der Waals surface area contributed by atoms with E-state index in [0.717, 1.165) is 12.1 Å². The van der Waals surface area contributed by atoms with Crippen molar-refractivity contribution in [3.63, 3.8) is 0 Å². The monoisotopic (exact) mass is 375 g/mol. The number of carbonyl (C=O) groups excluding carboxylic acids is 2. The Morgan fingerprint density at radius 3 is 2.78 bits per heavy atom. The van der Waals surface area contributed by atoms with Gasteiger partial charge in [-0.25, -0.2) is 0 Å². The Morgan fingerprint density at radius 2 is 2.04 bits per heavy atom. The molecule has 0 spiro atoms. The van der Waals surface area contributed by atoms with Crippen LogP contribution >= 0.6 is 0 Å². The minimum absolute atomic E-state index is 0.0142. The molecule has 0 bridgehead atoms. The summed E-state index contributed by atoms with van der Waals surface area (Å²) in [6.07, 6.45) is 0.965. The SMILES string of the molecule is CN(C)CC(C)(C)CNC(=O)C1CCC(=O)N1Cc1ccc2c(c1)OCO2. The fraction of sp³-hybridized carbons (Fsp3) is 0.600. The van der Waals surface area contributed by atoms with Gasteiger partial charge in [0.15, 0.2) is 11.5 Å². The molecule has 7 heteroatoms. The summed E-state index contributed by atoms with van der Waals surface area (Å²) in [5.41, 5.74) is 0.893. The van der Waals surface area contributed by atoms with E-state index in [0.29, 0.717) is 37.4 Å². The predicted molar refractivity (Wildman–Crippen MR) is 101 cm³/mol. The average molecular weight is 375 g/mol. The molecule has 1 saturated heterocycles. The van der Waals surface area contributed by atoms with Gasteiger partial charge in [-0.05, 0) is 43.6 Å². The van der Waals surface area contributed by atoms with Crippen LogP contribution in [0.25, 0.3) is 0 Å². The van der Waals surface area contributed by atoms with E-state index in [1.165, 1.54) is 0 Å². The van der Waals surface area contributed by atoms with Crippen molar-refractivity contribution in [1.82, 2.24) is 15.1 Å². The summed E-state index contributed by atoms with van der Waals surface area (Å²) in [5, 5.41) is 3.04. The number of benzene rings is 1. The first kappa shape index (κ1) is 19.5. The number of hydrogen-bond donors (Lipinski definition) is 1. The van der Waals surface area contributed by atoms with E-state index in [1.807, 2.05) is 32.3 Å². The van der Waals surface area contributed by atoms with Gasteiger partial charge < -0.3 is 24.6 Å². The van der Waals surface area contributed by atoms with Crippen molar-refractivity contribution in [2.24, 2.45) is 5.41 Å². The summed E-state index contributed by atoms with van der Waals surface area (Å²) in [7, 11) is 4.04. The lowest BCUT2D eigenvalue weighted by Crippen LogP contribution is -2.48. The third kappa shape index (κ3) is 4.71. The zero-order valence-electron chi connectivity index (χ0n) is 16.6. The molecule has 2 aliphatic rings. The van der Waals surface area contributed by atoms with E-state index in [-0.39, 0.29) is 24.0 Å². The standard InChI is InChI=1S/C20H29N3O4/c1-20(2,12-22(3)4)11-21-19(25)15-6-8-18(24)23(15)10-14-5-7-16-17(9-14)27-13-26-16/h5,7,9,15H,6,8,10-13H2,1-4H3,(H,21,25). The highest BCUT2D eigenvalue weighted by Gasteiger charge is 2.36. The highest BCUT2D eigenvalue weighted by atomic mass is 16.7. The molecule has 1 fully saturated rings. The van der Waals surface area contributed by atoms with Gasteiger partial charge in [-0.15, -0.1) is 0 Å². The van der Waals surface area contributed by atoms with Crippen molar-refractivity contribution in [2.45, 2.75) is 39.3 Å². The van der Waals surface area contributed by atoms with Crippen LogP contribution in [0.5, 0.6) is 11.5 Å². The zero-order chi connectivity index (χ0) is 19.6. The smallest absolute Gasteiger partial charge is 0.242 e. The number of nitrogens with zero attached hydrogens (tertiary/aromatic N) is 2. The second kappa shape index (κ2) is 7.76. The zero-order valence-corrected chi connectivity index (χ0v) is 16.6. The molecule has 2 aliphatic heterocycles. The Labute approximate surface area is 160 Å². The van der Waals surface area contributed by atoms with Crippen LogP contribution in [0.2, 0.25) is 0 Å². The van der Waals surface area contributed by atoms with Gasteiger partial charge in [-0.2, -0.15) is 0 Å². The van der Waals surface area contributed by atoms with Gasteiger partial charge in [0.25, 0.3) is 0 Å². The number of rotatable bonds is 7. The summed E-state index contributed by atoms with van der Waals surface area (Å²) < 4.78 is 10.7. The van der Waals surface area contributed by atoms with Crippen LogP contribution in [0.15, 0.2) is 18.2 Å². The maximum absolute atomic E-state index is 12.7. The van der Waals surface area contributed by atoms with E-state index in [1.54, 1.807) is 4.90 Å². The summed E-state index contributed by atoms with van der Waals surface area (Å²) in [5.74, 6) is 1.34. The van der Waals surface area contributed by atoms with Crippen LogP contribution in [0, 0.1) is 5.41 Å². The summed E-state index contributed by atoms with van der Waals surface area (Å²) in [4.78, 5) is 28.9. The Hall–Kier alpha value is -2.28. The first-order valence-electron chi connectivity index (χ1n) is 9.36. The molecular weight excluding hydrogens is 346 g/mol. The third-order valence-corrected chi connectivity index (χ3v) is 4.91. The molecule has 1 N–H and O–H groups in total. The minimum atomic E-state index is -0.418. The van der Waals surface area contributed by atoms with Crippen molar-refractivity contribution < 1.29 is 19.1 Å². The lowest BCUT2D eigenvalue weighted by Gasteiger charge is -2.30. The molecule has 0 radical (unpaired) electrons. The predicted octanol–water partition coefficient (Wildman–Crippen LogP) is 1.61. The number of nitrogens with one attached hydrogen (secondary N) is 1. The van der Waals surface area contributed by atoms with Crippen LogP contribution in [-0.2, 0) is 16.1 Å². The molecule has 27 heavy (non-hydrogen) atoms. The first-order valence-corrected chi connectivity index (χ1v) is 9.36. The van der Waals surface area contributed by atoms with Gasteiger partial charge in [0.1, 0.15) is 6.04 Å². The molecule has 3 rings (SSSR count). The molecule has 1 aromatic rings. The van der Waals surface area contributed by atoms with Crippen LogP contribution < -0.4 is 14.8 Å². The molecule has 0 saturated carbocycles. The molecule has 7 nitrogen and oxygen atoms in total. The van der Waals surface area contributed by atoms with Gasteiger partial charge >= 0.3 is 0 Å². The number of likely N-dealkylation sites (tertiary alicyclic amines) is 1. The Morgan fingerprint density at radius 1 is 1.30 bits per heavy atom. The molecule has 0 aromatic heterocycles. The van der Waals surface area contributed by atoms with Gasteiger partial charge in [-0.3, -0.25) is 9.59 Å². The van der Waals surface area contributed by atoms with Crippen LogP contribution in [0.4, 0.5) is 0 Å². The summed E-state index contributed by atoms with van der Waals surface area (Å²) >= 11 is 0. The second-order valence-electron chi connectivity index (χ2n) is 8.38. The Balaban J connectivity index is 1.62. The van der Waals surface area contributed by atoms with Crippen molar-refractivity contribution in [3.8, 4) is 11.5 Å². The fourth-order valence-electron chi connectivity index (χ4n) is 3.80. The maximum atomic E-state index is 12.7. The molecular formula is C20H29N3O4. The highest BCUT2D eigenvalue weighted by molar-refractivity contribution is 5.90. The van der Waals surface area contributed by atoms with E-state index in [4.69, 9.17) is 9.47 Å². The van der Waals surface area contributed by atoms with E-state index in [9.17, 15) is 9.59 Å². The van der Waals surface area contributed by atoms with Crippen molar-refractivity contribution in [1.29, 1.82) is 0 Å². The molecule has 1 unspecified atom stereocenters. The van der Waals surface area contributed by atoms with Gasteiger partial charge in [0, 0.05) is 26.1 Å². The summed E-state index contributed by atoms with van der Waals surface area (Å²) in [6, 6.07) is 5.21. The highest BCUT2D eigenvalue weighted by Crippen LogP contribution is 2.33. The average Bonchev–Trinajstić information content (AvgIpc) is 3.19. The first-order chi connectivity index (χ1) is 12.7. The second-order valence-corrected chi connectivity index (χ2v) is 8.38. The van der Waals surface area contributed by atoms with Crippen LogP contribution in [-0.4, -0.2) is 61.6 Å². The van der Waals surface area contributed by atoms with Gasteiger partial charge in [-0.1, -0.05) is 19.9 Å². The largest absolute Gasteiger partial charge is 0.454 e. The van der Waals surface area contributed by atoms with Crippen LogP contribution in [0.3, 0.4) is 0 Å². The summed E-state index contributed by atoms with van der Waals surface area (Å²) in [6.45, 7) is 6.31. The fourth-order valence-corrected chi connectivity index (χ4v) is 3.80. The Kier molecular flexibility index (Phi) is 5.60. The number of carbonyl (C=O) groups is 2. The van der Waals surface area contributed by atoms with Crippen molar-refractivity contribution >= 4 is 11.8 Å².